The summed E-state index contributed by atoms with van der Waals surface area (Å²) in [5, 5.41) is 0. The third-order valence-electron chi connectivity index (χ3n) is 2.57. The zero-order chi connectivity index (χ0) is 11.3. The van der Waals surface area contributed by atoms with Crippen molar-refractivity contribution in [2.45, 2.75) is 9.79 Å². The third kappa shape index (κ3) is 1.51. The van der Waals surface area contributed by atoms with Gasteiger partial charge >= 0.3 is 0 Å². The molecule has 16 heavy (non-hydrogen) atoms. The highest BCUT2D eigenvalue weighted by atomic mass is 79.9. The van der Waals surface area contributed by atoms with Gasteiger partial charge < -0.3 is 0 Å². The number of rotatable bonds is 0. The fourth-order valence-electron chi connectivity index (χ4n) is 1.87. The van der Waals surface area contributed by atoms with Gasteiger partial charge in [-0.25, -0.2) is 4.21 Å². The monoisotopic (exact) mass is 356 g/mol. The lowest BCUT2D eigenvalue weighted by molar-refractivity contribution is 0.685. The van der Waals surface area contributed by atoms with E-state index >= 15 is 0 Å². The summed E-state index contributed by atoms with van der Waals surface area (Å²) in [5.74, 6) is 0. The normalized spacial score (nSPS) is 13.6. The maximum atomic E-state index is 12.2. The van der Waals surface area contributed by atoms with Crippen LogP contribution in [0.3, 0.4) is 0 Å². The Morgan fingerprint density at radius 2 is 1.25 bits per heavy atom. The molecule has 80 valence electrons. The molecule has 2 aromatic carbocycles. The summed E-state index contributed by atoms with van der Waals surface area (Å²) < 4.78 is 14.2. The summed E-state index contributed by atoms with van der Waals surface area (Å²) in [6.45, 7) is 0. The van der Waals surface area contributed by atoms with E-state index in [1.165, 1.54) is 0 Å². The van der Waals surface area contributed by atoms with E-state index in [1.807, 2.05) is 36.4 Å². The Bertz CT molecular complexity index is 569. The van der Waals surface area contributed by atoms with Gasteiger partial charge in [0.2, 0.25) is 0 Å². The van der Waals surface area contributed by atoms with Crippen LogP contribution >= 0.6 is 31.9 Å². The van der Waals surface area contributed by atoms with Crippen molar-refractivity contribution in [3.8, 4) is 11.1 Å². The van der Waals surface area contributed by atoms with Crippen molar-refractivity contribution in [2.24, 2.45) is 0 Å². The average molecular weight is 358 g/mol. The first kappa shape index (κ1) is 10.7. The van der Waals surface area contributed by atoms with E-state index < -0.39 is 10.8 Å². The molecule has 0 unspecified atom stereocenters. The van der Waals surface area contributed by atoms with Crippen LogP contribution in [0, 0.1) is 0 Å². The third-order valence-corrected chi connectivity index (χ3v) is 5.07. The van der Waals surface area contributed by atoms with Crippen molar-refractivity contribution >= 4 is 42.7 Å². The van der Waals surface area contributed by atoms with Crippen LogP contribution in [0.5, 0.6) is 0 Å². The van der Waals surface area contributed by atoms with Gasteiger partial charge in [-0.15, -0.1) is 0 Å². The molecule has 0 aromatic heterocycles. The Hall–Kier alpha value is -0.450. The van der Waals surface area contributed by atoms with Gasteiger partial charge in [0, 0.05) is 20.1 Å². The molecule has 0 saturated carbocycles. The van der Waals surface area contributed by atoms with Gasteiger partial charge in [0.25, 0.3) is 0 Å². The lowest BCUT2D eigenvalue weighted by Crippen LogP contribution is -1.84. The summed E-state index contributed by atoms with van der Waals surface area (Å²) in [5.41, 5.74) is 2.12. The van der Waals surface area contributed by atoms with E-state index in [9.17, 15) is 4.21 Å². The van der Waals surface area contributed by atoms with Crippen LogP contribution in [0.2, 0.25) is 0 Å². The largest absolute Gasteiger partial charge is 0.249 e. The van der Waals surface area contributed by atoms with E-state index in [4.69, 9.17) is 0 Å². The molecule has 0 bridgehead atoms. The van der Waals surface area contributed by atoms with Crippen LogP contribution < -0.4 is 0 Å². The van der Waals surface area contributed by atoms with Crippen LogP contribution in [0.1, 0.15) is 0 Å². The van der Waals surface area contributed by atoms with Crippen molar-refractivity contribution in [3.05, 3.63) is 45.3 Å². The lowest BCUT2D eigenvalue weighted by Gasteiger charge is -2.00. The highest BCUT2D eigenvalue weighted by Gasteiger charge is 2.25. The number of benzene rings is 2. The summed E-state index contributed by atoms with van der Waals surface area (Å²) in [7, 11) is -1.03. The second kappa shape index (κ2) is 3.79. The number of hydrogen-bond acceptors (Lipinski definition) is 1. The molecular formula is C12H6Br2OS. The minimum absolute atomic E-state index is 0.899. The van der Waals surface area contributed by atoms with Gasteiger partial charge in [-0.05, 0) is 36.4 Å². The molecule has 3 rings (SSSR count). The van der Waals surface area contributed by atoms with E-state index in [-0.39, 0.29) is 0 Å². The Balaban J connectivity index is 2.37. The zero-order valence-electron chi connectivity index (χ0n) is 8.04. The van der Waals surface area contributed by atoms with E-state index in [0.29, 0.717) is 0 Å². The maximum absolute atomic E-state index is 12.2. The van der Waals surface area contributed by atoms with E-state index in [2.05, 4.69) is 31.9 Å². The van der Waals surface area contributed by atoms with Crippen molar-refractivity contribution in [1.82, 2.24) is 0 Å². The van der Waals surface area contributed by atoms with Gasteiger partial charge in [-0.2, -0.15) is 0 Å². The summed E-state index contributed by atoms with van der Waals surface area (Å²) in [6, 6.07) is 11.7. The molecule has 0 aliphatic carbocycles. The number of halogens is 2. The fourth-order valence-corrected chi connectivity index (χ4v) is 3.95. The topological polar surface area (TPSA) is 17.1 Å². The molecule has 0 spiro atoms. The van der Waals surface area contributed by atoms with Gasteiger partial charge in [-0.3, -0.25) is 0 Å². The second-order valence-corrected chi connectivity index (χ2v) is 6.80. The first-order chi connectivity index (χ1) is 7.66. The quantitative estimate of drug-likeness (QED) is 0.584. The predicted octanol–water partition coefficient (Wildman–Crippen LogP) is 4.36. The summed E-state index contributed by atoms with van der Waals surface area (Å²) in [6.07, 6.45) is 0. The highest BCUT2D eigenvalue weighted by molar-refractivity contribution is 9.10. The molecular weight excluding hydrogens is 352 g/mol. The van der Waals surface area contributed by atoms with Gasteiger partial charge in [0.05, 0.1) is 20.6 Å². The molecule has 0 fully saturated rings. The SMILES string of the molecule is O=S1c2ccc(Br)cc2-c2cc(Br)ccc21. The molecule has 0 amide bonds. The van der Waals surface area contributed by atoms with Crippen LogP contribution in [0.25, 0.3) is 11.1 Å². The first-order valence-corrected chi connectivity index (χ1v) is 7.41. The van der Waals surface area contributed by atoms with Crippen molar-refractivity contribution in [1.29, 1.82) is 0 Å². The summed E-state index contributed by atoms with van der Waals surface area (Å²) >= 11 is 6.89. The Morgan fingerprint density at radius 1 is 0.812 bits per heavy atom. The zero-order valence-corrected chi connectivity index (χ0v) is 12.0. The highest BCUT2D eigenvalue weighted by Crippen LogP contribution is 2.42. The minimum Gasteiger partial charge on any atom is -0.249 e. The lowest BCUT2D eigenvalue weighted by atomic mass is 10.1. The van der Waals surface area contributed by atoms with Gasteiger partial charge in [0.1, 0.15) is 0 Å². The summed E-state index contributed by atoms with van der Waals surface area (Å²) in [4.78, 5) is 1.80. The molecule has 0 saturated heterocycles. The van der Waals surface area contributed by atoms with Crippen molar-refractivity contribution in [2.75, 3.05) is 0 Å². The molecule has 1 aliphatic rings. The van der Waals surface area contributed by atoms with Crippen LogP contribution in [0.4, 0.5) is 0 Å². The molecule has 2 aromatic rings. The molecule has 4 heteroatoms. The Morgan fingerprint density at radius 3 is 1.69 bits per heavy atom. The Kier molecular flexibility index (Phi) is 2.53. The molecule has 1 heterocycles. The first-order valence-electron chi connectivity index (χ1n) is 4.68. The van der Waals surface area contributed by atoms with Crippen molar-refractivity contribution in [3.63, 3.8) is 0 Å². The van der Waals surface area contributed by atoms with E-state index in [1.54, 1.807) is 0 Å². The molecule has 1 nitrogen and oxygen atoms in total. The molecule has 0 radical (unpaired) electrons. The van der Waals surface area contributed by atoms with Crippen LogP contribution in [0.15, 0.2) is 55.1 Å². The van der Waals surface area contributed by atoms with Gasteiger partial charge in [-0.1, -0.05) is 31.9 Å². The predicted molar refractivity (Wildman–Crippen MR) is 72.0 cm³/mol. The molecule has 1 aliphatic heterocycles. The maximum Gasteiger partial charge on any atom is 0.0862 e. The minimum atomic E-state index is -1.03. The van der Waals surface area contributed by atoms with Crippen LogP contribution in [-0.2, 0) is 10.8 Å². The smallest absolute Gasteiger partial charge is 0.0862 e. The molecule has 0 atom stereocenters. The Labute approximate surface area is 113 Å². The van der Waals surface area contributed by atoms with E-state index in [0.717, 1.165) is 29.9 Å². The molecule has 0 N–H and O–H groups in total. The second-order valence-electron chi connectivity index (χ2n) is 3.55. The van der Waals surface area contributed by atoms with Gasteiger partial charge in [0.15, 0.2) is 0 Å². The van der Waals surface area contributed by atoms with Crippen molar-refractivity contribution < 1.29 is 4.21 Å². The fraction of sp³-hybridized carbons (Fsp3) is 0. The average Bonchev–Trinajstić information content (AvgIpc) is 2.52. The standard InChI is InChI=1S/C12H6Br2OS/c13-7-1-3-11-9(5-7)10-6-8(14)2-4-12(10)16(11)15/h1-6H. The number of fused-ring (bicyclic) bond motifs is 3. The number of hydrogen-bond donors (Lipinski definition) is 0. The van der Waals surface area contributed by atoms with Crippen LogP contribution in [-0.4, -0.2) is 4.21 Å².